The molecule has 0 amide bonds. The third kappa shape index (κ3) is 1.76. The van der Waals surface area contributed by atoms with Crippen molar-refractivity contribution in [3.05, 3.63) is 5.82 Å². The van der Waals surface area contributed by atoms with Crippen molar-refractivity contribution in [3.8, 4) is 0 Å². The summed E-state index contributed by atoms with van der Waals surface area (Å²) in [5.41, 5.74) is 0. The Bertz CT molecular complexity index is 439. The summed E-state index contributed by atoms with van der Waals surface area (Å²) < 4.78 is 7.32. The maximum Gasteiger partial charge on any atom is 0.375 e. The summed E-state index contributed by atoms with van der Waals surface area (Å²) in [6.45, 7) is 1.56. The molecule has 1 fully saturated rings. The third-order valence-corrected chi connectivity index (χ3v) is 3.25. The SMILES string of the molecule is O=C(O)c1nc2n(n1)C(C1CCCO1)CCN2. The standard InChI is InChI=1S/C10H14N4O3/c15-9(16)8-12-10-11-4-3-6(14(10)13-8)7-2-1-5-17-7/h6-7H,1-5H2,(H,15,16)(H,11,12,13). The van der Waals surface area contributed by atoms with E-state index in [1.165, 1.54) is 0 Å². The molecule has 0 aliphatic carbocycles. The minimum absolute atomic E-state index is 0.106. The third-order valence-electron chi connectivity index (χ3n) is 3.25. The Kier molecular flexibility index (Phi) is 2.47. The van der Waals surface area contributed by atoms with Crippen LogP contribution in [0.25, 0.3) is 0 Å². The van der Waals surface area contributed by atoms with Crippen molar-refractivity contribution >= 4 is 11.9 Å². The second-order valence-corrected chi connectivity index (χ2v) is 4.34. The fourth-order valence-electron chi connectivity index (χ4n) is 2.47. The summed E-state index contributed by atoms with van der Waals surface area (Å²) >= 11 is 0. The van der Waals surface area contributed by atoms with E-state index < -0.39 is 5.97 Å². The molecule has 92 valence electrons. The molecule has 3 rings (SSSR count). The van der Waals surface area contributed by atoms with E-state index in [4.69, 9.17) is 9.84 Å². The Labute approximate surface area is 97.8 Å². The molecule has 1 aromatic rings. The van der Waals surface area contributed by atoms with Gasteiger partial charge < -0.3 is 15.2 Å². The lowest BCUT2D eigenvalue weighted by Crippen LogP contribution is -2.32. The van der Waals surface area contributed by atoms with Gasteiger partial charge in [-0.1, -0.05) is 0 Å². The van der Waals surface area contributed by atoms with Crippen LogP contribution in [0, 0.1) is 0 Å². The zero-order chi connectivity index (χ0) is 11.8. The maximum atomic E-state index is 10.8. The van der Waals surface area contributed by atoms with Gasteiger partial charge in [0.1, 0.15) is 0 Å². The van der Waals surface area contributed by atoms with E-state index in [1.54, 1.807) is 4.68 Å². The Morgan fingerprint density at radius 1 is 1.53 bits per heavy atom. The van der Waals surface area contributed by atoms with Crippen molar-refractivity contribution < 1.29 is 14.6 Å². The molecule has 2 aliphatic rings. The van der Waals surface area contributed by atoms with Crippen molar-refractivity contribution in [2.24, 2.45) is 0 Å². The first-order chi connectivity index (χ1) is 8.25. The number of aromatic nitrogens is 3. The summed E-state index contributed by atoms with van der Waals surface area (Å²) in [7, 11) is 0. The van der Waals surface area contributed by atoms with E-state index in [0.29, 0.717) is 5.95 Å². The van der Waals surface area contributed by atoms with Crippen LogP contribution in [-0.2, 0) is 4.74 Å². The Morgan fingerprint density at radius 2 is 2.41 bits per heavy atom. The molecule has 0 radical (unpaired) electrons. The molecule has 0 aromatic carbocycles. The van der Waals surface area contributed by atoms with Gasteiger partial charge in [0.2, 0.25) is 5.95 Å². The molecule has 0 saturated carbocycles. The number of anilines is 1. The van der Waals surface area contributed by atoms with Crippen LogP contribution in [0.1, 0.15) is 35.9 Å². The molecule has 1 aromatic heterocycles. The number of rotatable bonds is 2. The number of aromatic carboxylic acids is 1. The molecule has 2 unspecified atom stereocenters. The molecule has 1 saturated heterocycles. The van der Waals surface area contributed by atoms with Crippen LogP contribution in [-0.4, -0.2) is 45.1 Å². The second-order valence-electron chi connectivity index (χ2n) is 4.34. The molecule has 2 atom stereocenters. The zero-order valence-corrected chi connectivity index (χ0v) is 9.30. The molecule has 3 heterocycles. The highest BCUT2D eigenvalue weighted by Gasteiger charge is 2.33. The number of nitrogens with one attached hydrogen (secondary N) is 1. The fraction of sp³-hybridized carbons (Fsp3) is 0.700. The first kappa shape index (κ1) is 10.5. The molecule has 0 bridgehead atoms. The normalized spacial score (nSPS) is 27.5. The van der Waals surface area contributed by atoms with Gasteiger partial charge in [-0.15, -0.1) is 5.10 Å². The summed E-state index contributed by atoms with van der Waals surface area (Å²) in [5, 5.41) is 16.0. The van der Waals surface area contributed by atoms with Crippen molar-refractivity contribution in [3.63, 3.8) is 0 Å². The number of carbonyl (C=O) groups is 1. The van der Waals surface area contributed by atoms with Crippen LogP contribution in [0.5, 0.6) is 0 Å². The largest absolute Gasteiger partial charge is 0.475 e. The predicted molar refractivity (Wildman–Crippen MR) is 58.1 cm³/mol. The lowest BCUT2D eigenvalue weighted by Gasteiger charge is -2.28. The predicted octanol–water partition coefficient (Wildman–Crippen LogP) is 0.512. The quantitative estimate of drug-likeness (QED) is 0.780. The smallest absolute Gasteiger partial charge is 0.375 e. The highest BCUT2D eigenvalue weighted by atomic mass is 16.5. The summed E-state index contributed by atoms with van der Waals surface area (Å²) in [6.07, 6.45) is 3.09. The van der Waals surface area contributed by atoms with E-state index in [0.717, 1.165) is 32.4 Å². The van der Waals surface area contributed by atoms with Crippen LogP contribution >= 0.6 is 0 Å². The zero-order valence-electron chi connectivity index (χ0n) is 9.30. The lowest BCUT2D eigenvalue weighted by atomic mass is 10.0. The van der Waals surface area contributed by atoms with Gasteiger partial charge in [0.25, 0.3) is 5.82 Å². The van der Waals surface area contributed by atoms with Crippen molar-refractivity contribution in [1.29, 1.82) is 0 Å². The molecule has 0 spiro atoms. The minimum Gasteiger partial charge on any atom is -0.475 e. The van der Waals surface area contributed by atoms with Crippen LogP contribution in [0.4, 0.5) is 5.95 Å². The number of nitrogens with zero attached hydrogens (tertiary/aromatic N) is 3. The Morgan fingerprint density at radius 3 is 3.12 bits per heavy atom. The number of carboxylic acids is 1. The summed E-state index contributed by atoms with van der Waals surface area (Å²) in [4.78, 5) is 14.8. The highest BCUT2D eigenvalue weighted by molar-refractivity contribution is 5.83. The minimum atomic E-state index is -1.10. The molecule has 2 N–H and O–H groups in total. The van der Waals surface area contributed by atoms with E-state index in [1.807, 2.05) is 0 Å². The van der Waals surface area contributed by atoms with Gasteiger partial charge in [0, 0.05) is 13.2 Å². The summed E-state index contributed by atoms with van der Waals surface area (Å²) in [5.74, 6) is -0.716. The van der Waals surface area contributed by atoms with Gasteiger partial charge in [-0.25, -0.2) is 9.48 Å². The van der Waals surface area contributed by atoms with E-state index in [-0.39, 0.29) is 18.0 Å². The molecular formula is C10H14N4O3. The van der Waals surface area contributed by atoms with Gasteiger partial charge in [0.05, 0.1) is 12.1 Å². The fourth-order valence-corrected chi connectivity index (χ4v) is 2.47. The summed E-state index contributed by atoms with van der Waals surface area (Å²) in [6, 6.07) is 0.106. The van der Waals surface area contributed by atoms with Crippen LogP contribution in [0.15, 0.2) is 0 Å². The van der Waals surface area contributed by atoms with Gasteiger partial charge >= 0.3 is 5.97 Å². The van der Waals surface area contributed by atoms with E-state index in [9.17, 15) is 4.79 Å². The van der Waals surface area contributed by atoms with E-state index in [2.05, 4.69) is 15.4 Å². The van der Waals surface area contributed by atoms with Crippen molar-refractivity contribution in [2.75, 3.05) is 18.5 Å². The first-order valence-corrected chi connectivity index (χ1v) is 5.81. The topological polar surface area (TPSA) is 89.3 Å². The highest BCUT2D eigenvalue weighted by Crippen LogP contribution is 2.31. The molecular weight excluding hydrogens is 224 g/mol. The van der Waals surface area contributed by atoms with E-state index >= 15 is 0 Å². The average molecular weight is 238 g/mol. The van der Waals surface area contributed by atoms with Crippen LogP contribution in [0.3, 0.4) is 0 Å². The molecule has 7 nitrogen and oxygen atoms in total. The molecule has 2 aliphatic heterocycles. The van der Waals surface area contributed by atoms with Crippen molar-refractivity contribution in [2.45, 2.75) is 31.4 Å². The van der Waals surface area contributed by atoms with Crippen LogP contribution < -0.4 is 5.32 Å². The Hall–Kier alpha value is -1.63. The van der Waals surface area contributed by atoms with Crippen molar-refractivity contribution in [1.82, 2.24) is 14.8 Å². The number of hydrogen-bond acceptors (Lipinski definition) is 5. The number of hydrogen-bond donors (Lipinski definition) is 2. The van der Waals surface area contributed by atoms with Gasteiger partial charge in [0.15, 0.2) is 0 Å². The number of carboxylic acid groups (broad SMARTS) is 1. The molecule has 7 heteroatoms. The van der Waals surface area contributed by atoms with Gasteiger partial charge in [-0.05, 0) is 19.3 Å². The number of ether oxygens (including phenoxy) is 1. The molecule has 17 heavy (non-hydrogen) atoms. The van der Waals surface area contributed by atoms with Crippen LogP contribution in [0.2, 0.25) is 0 Å². The first-order valence-electron chi connectivity index (χ1n) is 5.81. The van der Waals surface area contributed by atoms with Gasteiger partial charge in [-0.3, -0.25) is 0 Å². The second kappa shape index (κ2) is 3.99. The maximum absolute atomic E-state index is 10.8. The number of fused-ring (bicyclic) bond motifs is 1. The lowest BCUT2D eigenvalue weighted by molar-refractivity contribution is 0.0578. The average Bonchev–Trinajstić information content (AvgIpc) is 2.97. The van der Waals surface area contributed by atoms with Gasteiger partial charge in [-0.2, -0.15) is 4.98 Å². The Balaban J connectivity index is 1.92. The monoisotopic (exact) mass is 238 g/mol.